The maximum absolute atomic E-state index is 12.8. The Morgan fingerprint density at radius 1 is 1.14 bits per heavy atom. The lowest BCUT2D eigenvalue weighted by molar-refractivity contribution is 0.0948. The summed E-state index contributed by atoms with van der Waals surface area (Å²) in [4.78, 5) is 12.8. The van der Waals surface area contributed by atoms with Gasteiger partial charge in [-0.3, -0.25) is 4.79 Å². The van der Waals surface area contributed by atoms with Crippen molar-refractivity contribution >= 4 is 24.0 Å². The highest BCUT2D eigenvalue weighted by molar-refractivity contribution is 5.94. The molecule has 6 heteroatoms. The molecule has 146 valence electrons. The third-order valence-corrected chi connectivity index (χ3v) is 5.17. The van der Waals surface area contributed by atoms with Crippen LogP contribution in [-0.2, 0) is 19.3 Å². The van der Waals surface area contributed by atoms with Crippen molar-refractivity contribution in [1.82, 2.24) is 15.1 Å². The van der Waals surface area contributed by atoms with Crippen LogP contribution >= 0.6 is 12.4 Å². The number of hydrogen-bond acceptors (Lipinski definition) is 3. The molecule has 1 amide bonds. The van der Waals surface area contributed by atoms with E-state index < -0.39 is 0 Å². The van der Waals surface area contributed by atoms with E-state index >= 15 is 0 Å². The van der Waals surface area contributed by atoms with Crippen molar-refractivity contribution < 1.29 is 4.79 Å². The average molecular weight is 397 g/mol. The molecule has 1 aromatic heterocycles. The highest BCUT2D eigenvalue weighted by Gasteiger charge is 2.27. The Labute approximate surface area is 171 Å². The van der Waals surface area contributed by atoms with Gasteiger partial charge in [-0.15, -0.1) is 12.4 Å². The molecule has 1 heterocycles. The van der Waals surface area contributed by atoms with E-state index in [4.69, 9.17) is 5.73 Å². The number of nitrogens with zero attached hydrogens (tertiary/aromatic N) is 2. The van der Waals surface area contributed by atoms with Gasteiger partial charge in [-0.2, -0.15) is 5.10 Å². The van der Waals surface area contributed by atoms with E-state index in [9.17, 15) is 4.79 Å². The van der Waals surface area contributed by atoms with Gasteiger partial charge in [0.15, 0.2) is 5.69 Å². The van der Waals surface area contributed by atoms with Crippen LogP contribution in [0.15, 0.2) is 48.5 Å². The number of benzene rings is 2. The first-order chi connectivity index (χ1) is 13.1. The zero-order chi connectivity index (χ0) is 18.8. The number of nitrogens with two attached hydrogens (primary N) is 1. The van der Waals surface area contributed by atoms with Crippen LogP contribution in [0.4, 0.5) is 5.69 Å². The van der Waals surface area contributed by atoms with Crippen LogP contribution in [0.3, 0.4) is 0 Å². The van der Waals surface area contributed by atoms with Crippen LogP contribution in [0.1, 0.15) is 39.3 Å². The second-order valence-electron chi connectivity index (χ2n) is 7.07. The van der Waals surface area contributed by atoms with Crippen LogP contribution < -0.4 is 11.1 Å². The first-order valence-electron chi connectivity index (χ1n) is 9.43. The summed E-state index contributed by atoms with van der Waals surface area (Å²) in [6.07, 6.45) is 3.73. The number of halogens is 1. The Kier molecular flexibility index (Phi) is 6.05. The summed E-state index contributed by atoms with van der Waals surface area (Å²) in [5.41, 5.74) is 12.7. The molecule has 3 N–H and O–H groups in total. The molecule has 0 aliphatic heterocycles. The highest BCUT2D eigenvalue weighted by Crippen LogP contribution is 2.28. The largest absolute Gasteiger partial charge is 0.399 e. The standard InChI is InChI=1S/C22H24N4O.ClH/c1-15-5-2-3-7-19(15)26-20-8-4-6-18(20)21(25-26)22(27)24-14-13-16-9-11-17(23)12-10-16;/h2-3,5,7,9-12H,4,6,8,13-14,23H2,1H3,(H,24,27);1H. The summed E-state index contributed by atoms with van der Waals surface area (Å²) in [5, 5.41) is 7.71. The quantitative estimate of drug-likeness (QED) is 0.646. The van der Waals surface area contributed by atoms with Gasteiger partial charge in [0, 0.05) is 23.5 Å². The molecule has 0 atom stereocenters. The van der Waals surface area contributed by atoms with E-state index in [0.717, 1.165) is 53.7 Å². The van der Waals surface area contributed by atoms with Crippen molar-refractivity contribution in [3.8, 4) is 5.69 Å². The highest BCUT2D eigenvalue weighted by atomic mass is 35.5. The normalized spacial score (nSPS) is 12.3. The summed E-state index contributed by atoms with van der Waals surface area (Å²) >= 11 is 0. The monoisotopic (exact) mass is 396 g/mol. The molecule has 0 fully saturated rings. The minimum atomic E-state index is -0.0871. The third kappa shape index (κ3) is 3.90. The molecule has 1 aliphatic carbocycles. The minimum Gasteiger partial charge on any atom is -0.399 e. The fourth-order valence-corrected chi connectivity index (χ4v) is 3.71. The van der Waals surface area contributed by atoms with Crippen molar-refractivity contribution in [3.05, 3.63) is 76.6 Å². The van der Waals surface area contributed by atoms with Gasteiger partial charge in [-0.05, 0) is 61.9 Å². The SMILES string of the molecule is Cc1ccccc1-n1nc(C(=O)NCCc2ccc(N)cc2)c2c1CCC2.Cl. The van der Waals surface area contributed by atoms with Gasteiger partial charge in [0.1, 0.15) is 0 Å². The minimum absolute atomic E-state index is 0. The first-order valence-corrected chi connectivity index (χ1v) is 9.43. The number of fused-ring (bicyclic) bond motifs is 1. The zero-order valence-electron chi connectivity index (χ0n) is 15.9. The Morgan fingerprint density at radius 2 is 1.89 bits per heavy atom. The van der Waals surface area contributed by atoms with E-state index in [2.05, 4.69) is 29.5 Å². The lowest BCUT2D eigenvalue weighted by Gasteiger charge is -2.08. The van der Waals surface area contributed by atoms with Crippen molar-refractivity contribution in [2.75, 3.05) is 12.3 Å². The molecule has 0 spiro atoms. The topological polar surface area (TPSA) is 72.9 Å². The van der Waals surface area contributed by atoms with E-state index in [1.807, 2.05) is 41.1 Å². The van der Waals surface area contributed by atoms with Crippen LogP contribution in [0.25, 0.3) is 5.69 Å². The Morgan fingerprint density at radius 3 is 2.64 bits per heavy atom. The second kappa shape index (κ2) is 8.48. The number of anilines is 1. The molecular weight excluding hydrogens is 372 g/mol. The Balaban J connectivity index is 0.00000225. The molecule has 28 heavy (non-hydrogen) atoms. The summed E-state index contributed by atoms with van der Waals surface area (Å²) in [6.45, 7) is 2.65. The molecule has 0 unspecified atom stereocenters. The lowest BCUT2D eigenvalue weighted by atomic mass is 10.1. The summed E-state index contributed by atoms with van der Waals surface area (Å²) in [6, 6.07) is 15.9. The Hall–Kier alpha value is -2.79. The van der Waals surface area contributed by atoms with Crippen molar-refractivity contribution in [3.63, 3.8) is 0 Å². The summed E-state index contributed by atoms with van der Waals surface area (Å²) < 4.78 is 1.96. The van der Waals surface area contributed by atoms with E-state index in [1.54, 1.807) is 0 Å². The van der Waals surface area contributed by atoms with Gasteiger partial charge in [0.2, 0.25) is 0 Å². The maximum atomic E-state index is 12.8. The number of aryl methyl sites for hydroxylation is 1. The molecule has 1 aliphatic rings. The number of rotatable bonds is 5. The smallest absolute Gasteiger partial charge is 0.272 e. The number of nitrogens with one attached hydrogen (secondary N) is 1. The van der Waals surface area contributed by atoms with Gasteiger partial charge < -0.3 is 11.1 Å². The molecule has 0 radical (unpaired) electrons. The fraction of sp³-hybridized carbons (Fsp3) is 0.273. The molecule has 4 rings (SSSR count). The van der Waals surface area contributed by atoms with Gasteiger partial charge in [-0.25, -0.2) is 4.68 Å². The average Bonchev–Trinajstić information content (AvgIpc) is 3.26. The lowest BCUT2D eigenvalue weighted by Crippen LogP contribution is -2.27. The molecule has 3 aromatic rings. The van der Waals surface area contributed by atoms with E-state index in [0.29, 0.717) is 12.2 Å². The molecular formula is C22H25ClN4O. The third-order valence-electron chi connectivity index (χ3n) is 5.17. The van der Waals surface area contributed by atoms with Gasteiger partial charge in [0.25, 0.3) is 5.91 Å². The predicted molar refractivity (Wildman–Crippen MR) is 114 cm³/mol. The summed E-state index contributed by atoms with van der Waals surface area (Å²) in [7, 11) is 0. The van der Waals surface area contributed by atoms with Gasteiger partial charge >= 0.3 is 0 Å². The van der Waals surface area contributed by atoms with E-state index in [-0.39, 0.29) is 18.3 Å². The summed E-state index contributed by atoms with van der Waals surface area (Å²) in [5.74, 6) is -0.0871. The van der Waals surface area contributed by atoms with Crippen LogP contribution in [-0.4, -0.2) is 22.2 Å². The number of amides is 1. The maximum Gasteiger partial charge on any atom is 0.272 e. The van der Waals surface area contributed by atoms with Crippen LogP contribution in [0, 0.1) is 6.92 Å². The zero-order valence-corrected chi connectivity index (χ0v) is 16.8. The van der Waals surface area contributed by atoms with Crippen LogP contribution in [0.5, 0.6) is 0 Å². The predicted octanol–water partition coefficient (Wildman–Crippen LogP) is 3.65. The van der Waals surface area contributed by atoms with Crippen molar-refractivity contribution in [2.45, 2.75) is 32.6 Å². The molecule has 0 saturated heterocycles. The Bertz CT molecular complexity index is 979. The van der Waals surface area contributed by atoms with Crippen LogP contribution in [0.2, 0.25) is 0 Å². The van der Waals surface area contributed by atoms with E-state index in [1.165, 1.54) is 5.69 Å². The number of aromatic nitrogens is 2. The van der Waals surface area contributed by atoms with Crippen molar-refractivity contribution in [2.24, 2.45) is 0 Å². The second-order valence-corrected chi connectivity index (χ2v) is 7.07. The number of para-hydroxylation sites is 1. The number of carbonyl (C=O) groups excluding carboxylic acids is 1. The van der Waals surface area contributed by atoms with Gasteiger partial charge in [-0.1, -0.05) is 30.3 Å². The van der Waals surface area contributed by atoms with Crippen molar-refractivity contribution in [1.29, 1.82) is 0 Å². The van der Waals surface area contributed by atoms with Gasteiger partial charge in [0.05, 0.1) is 5.69 Å². The first kappa shape index (κ1) is 20.0. The molecule has 0 bridgehead atoms. The number of hydrogen-bond donors (Lipinski definition) is 2. The number of nitrogen functional groups attached to an aromatic ring is 1. The fourth-order valence-electron chi connectivity index (χ4n) is 3.71. The molecule has 2 aromatic carbocycles. The molecule has 5 nitrogen and oxygen atoms in total. The number of carbonyl (C=O) groups is 1. The molecule has 0 saturated carbocycles.